The predicted molar refractivity (Wildman–Crippen MR) is 81.6 cm³/mol. The zero-order valence-corrected chi connectivity index (χ0v) is 12.8. The Hall–Kier alpha value is -1.02. The van der Waals surface area contributed by atoms with E-state index in [0.717, 1.165) is 19.4 Å². The average Bonchev–Trinajstić information content (AvgIpc) is 2.36. The predicted octanol–water partition coefficient (Wildman–Crippen LogP) is 4.53. The van der Waals surface area contributed by atoms with Crippen LogP contribution in [0, 0.1) is 11.8 Å². The van der Waals surface area contributed by atoms with Crippen molar-refractivity contribution in [3.8, 4) is 0 Å². The maximum atomic E-state index is 12.0. The zero-order chi connectivity index (χ0) is 14.3. The van der Waals surface area contributed by atoms with Gasteiger partial charge >= 0.3 is 0 Å². The fourth-order valence-corrected chi connectivity index (χ4v) is 2.44. The summed E-state index contributed by atoms with van der Waals surface area (Å²) in [7, 11) is 0. The van der Waals surface area contributed by atoms with Gasteiger partial charge in [0.2, 0.25) is 0 Å². The SMILES string of the molecule is CCCC(CNC(=O)c1ccc(Cl)cc1)CC(C)C. The zero-order valence-electron chi connectivity index (χ0n) is 12.1. The second kappa shape index (κ2) is 8.21. The largest absolute Gasteiger partial charge is 0.352 e. The molecule has 0 radical (unpaired) electrons. The minimum absolute atomic E-state index is 0.0125. The molecule has 0 spiro atoms. The Kier molecular flexibility index (Phi) is 6.93. The van der Waals surface area contributed by atoms with Crippen molar-refractivity contribution in [1.29, 1.82) is 0 Å². The molecule has 0 aliphatic rings. The molecule has 0 aromatic heterocycles. The van der Waals surface area contributed by atoms with Crippen LogP contribution in [0.5, 0.6) is 0 Å². The Bertz CT molecular complexity index is 386. The molecule has 0 saturated carbocycles. The quantitative estimate of drug-likeness (QED) is 0.781. The van der Waals surface area contributed by atoms with Gasteiger partial charge in [0.15, 0.2) is 0 Å². The lowest BCUT2D eigenvalue weighted by Gasteiger charge is -2.19. The molecule has 2 nitrogen and oxygen atoms in total. The van der Waals surface area contributed by atoms with E-state index in [9.17, 15) is 4.79 Å². The van der Waals surface area contributed by atoms with Crippen LogP contribution in [0.2, 0.25) is 5.02 Å². The highest BCUT2D eigenvalue weighted by Gasteiger charge is 2.12. The number of hydrogen-bond donors (Lipinski definition) is 1. The summed E-state index contributed by atoms with van der Waals surface area (Å²) in [5.41, 5.74) is 0.671. The fraction of sp³-hybridized carbons (Fsp3) is 0.562. The van der Waals surface area contributed by atoms with Crippen LogP contribution in [-0.2, 0) is 0 Å². The summed E-state index contributed by atoms with van der Waals surface area (Å²) >= 11 is 5.81. The number of hydrogen-bond acceptors (Lipinski definition) is 1. The summed E-state index contributed by atoms with van der Waals surface area (Å²) in [6, 6.07) is 7.01. The number of amides is 1. The molecule has 0 aliphatic carbocycles. The van der Waals surface area contributed by atoms with Crippen LogP contribution < -0.4 is 5.32 Å². The summed E-state index contributed by atoms with van der Waals surface area (Å²) in [6.45, 7) is 7.40. The van der Waals surface area contributed by atoms with Gasteiger partial charge in [-0.2, -0.15) is 0 Å². The Morgan fingerprint density at radius 2 is 1.89 bits per heavy atom. The lowest BCUT2D eigenvalue weighted by atomic mass is 9.93. The van der Waals surface area contributed by atoms with Gasteiger partial charge in [0.1, 0.15) is 0 Å². The Morgan fingerprint density at radius 3 is 2.42 bits per heavy atom. The second-order valence-corrected chi connectivity index (χ2v) is 5.94. The van der Waals surface area contributed by atoms with Gasteiger partial charge in [-0.25, -0.2) is 0 Å². The van der Waals surface area contributed by atoms with E-state index >= 15 is 0 Å². The van der Waals surface area contributed by atoms with Gasteiger partial charge in [-0.05, 0) is 48.9 Å². The molecular weight excluding hydrogens is 258 g/mol. The number of benzene rings is 1. The molecule has 1 unspecified atom stereocenters. The van der Waals surface area contributed by atoms with E-state index in [1.807, 2.05) is 0 Å². The van der Waals surface area contributed by atoms with Crippen LogP contribution in [0.15, 0.2) is 24.3 Å². The van der Waals surface area contributed by atoms with Crippen molar-refractivity contribution in [2.45, 2.75) is 40.0 Å². The van der Waals surface area contributed by atoms with Crippen LogP contribution >= 0.6 is 11.6 Å². The van der Waals surface area contributed by atoms with Crippen molar-refractivity contribution in [2.75, 3.05) is 6.54 Å². The molecule has 19 heavy (non-hydrogen) atoms. The molecule has 1 atom stereocenters. The van der Waals surface area contributed by atoms with Gasteiger partial charge in [0.05, 0.1) is 0 Å². The molecular formula is C16H24ClNO. The van der Waals surface area contributed by atoms with Crippen molar-refractivity contribution in [3.05, 3.63) is 34.9 Å². The topological polar surface area (TPSA) is 29.1 Å². The van der Waals surface area contributed by atoms with E-state index in [-0.39, 0.29) is 5.91 Å². The van der Waals surface area contributed by atoms with E-state index in [0.29, 0.717) is 22.4 Å². The molecule has 106 valence electrons. The van der Waals surface area contributed by atoms with Gasteiger partial charge in [-0.3, -0.25) is 4.79 Å². The Balaban J connectivity index is 2.49. The minimum Gasteiger partial charge on any atom is -0.352 e. The van der Waals surface area contributed by atoms with Gasteiger partial charge in [-0.1, -0.05) is 38.8 Å². The maximum absolute atomic E-state index is 12.0. The number of rotatable bonds is 7. The molecule has 0 fully saturated rings. The van der Waals surface area contributed by atoms with Crippen LogP contribution in [0.1, 0.15) is 50.4 Å². The molecule has 1 amide bonds. The third-order valence-corrected chi connectivity index (χ3v) is 3.41. The van der Waals surface area contributed by atoms with Gasteiger partial charge in [0.25, 0.3) is 5.91 Å². The highest BCUT2D eigenvalue weighted by atomic mass is 35.5. The highest BCUT2D eigenvalue weighted by Crippen LogP contribution is 2.16. The van der Waals surface area contributed by atoms with Gasteiger partial charge < -0.3 is 5.32 Å². The summed E-state index contributed by atoms with van der Waals surface area (Å²) in [5, 5.41) is 3.68. The Labute approximate surface area is 121 Å². The number of carbonyl (C=O) groups is 1. The van der Waals surface area contributed by atoms with Crippen LogP contribution in [-0.4, -0.2) is 12.5 Å². The molecule has 0 saturated heterocycles. The first-order valence-electron chi connectivity index (χ1n) is 7.06. The lowest BCUT2D eigenvalue weighted by Crippen LogP contribution is -2.29. The summed E-state index contributed by atoms with van der Waals surface area (Å²) in [4.78, 5) is 12.0. The van der Waals surface area contributed by atoms with Crippen molar-refractivity contribution in [2.24, 2.45) is 11.8 Å². The average molecular weight is 282 g/mol. The molecule has 0 aliphatic heterocycles. The molecule has 1 aromatic carbocycles. The smallest absolute Gasteiger partial charge is 0.251 e. The number of carbonyl (C=O) groups excluding carboxylic acids is 1. The lowest BCUT2D eigenvalue weighted by molar-refractivity contribution is 0.0944. The summed E-state index contributed by atoms with van der Waals surface area (Å²) < 4.78 is 0. The van der Waals surface area contributed by atoms with Crippen LogP contribution in [0.25, 0.3) is 0 Å². The maximum Gasteiger partial charge on any atom is 0.251 e. The third kappa shape index (κ3) is 6.11. The molecule has 3 heteroatoms. The van der Waals surface area contributed by atoms with Gasteiger partial charge in [0, 0.05) is 17.1 Å². The van der Waals surface area contributed by atoms with Crippen molar-refractivity contribution >= 4 is 17.5 Å². The molecule has 1 rings (SSSR count). The normalized spacial score (nSPS) is 12.5. The monoisotopic (exact) mass is 281 g/mol. The third-order valence-electron chi connectivity index (χ3n) is 3.16. The van der Waals surface area contributed by atoms with E-state index in [2.05, 4.69) is 26.1 Å². The standard InChI is InChI=1S/C16H24ClNO/c1-4-5-13(10-12(2)3)11-18-16(19)14-6-8-15(17)9-7-14/h6-9,12-13H,4-5,10-11H2,1-3H3,(H,18,19). The number of nitrogens with one attached hydrogen (secondary N) is 1. The molecule has 0 heterocycles. The van der Waals surface area contributed by atoms with E-state index in [1.54, 1.807) is 24.3 Å². The molecule has 1 aromatic rings. The highest BCUT2D eigenvalue weighted by molar-refractivity contribution is 6.30. The number of halogens is 1. The molecule has 0 bridgehead atoms. The first-order valence-corrected chi connectivity index (χ1v) is 7.44. The fourth-order valence-electron chi connectivity index (χ4n) is 2.32. The summed E-state index contributed by atoms with van der Waals surface area (Å²) in [5.74, 6) is 1.23. The van der Waals surface area contributed by atoms with Crippen LogP contribution in [0.4, 0.5) is 0 Å². The Morgan fingerprint density at radius 1 is 1.26 bits per heavy atom. The van der Waals surface area contributed by atoms with E-state index < -0.39 is 0 Å². The van der Waals surface area contributed by atoms with Gasteiger partial charge in [-0.15, -0.1) is 0 Å². The van der Waals surface area contributed by atoms with E-state index in [4.69, 9.17) is 11.6 Å². The van der Waals surface area contributed by atoms with Crippen LogP contribution in [0.3, 0.4) is 0 Å². The second-order valence-electron chi connectivity index (χ2n) is 5.50. The van der Waals surface area contributed by atoms with Crippen molar-refractivity contribution in [3.63, 3.8) is 0 Å². The van der Waals surface area contributed by atoms with E-state index in [1.165, 1.54) is 6.42 Å². The first-order chi connectivity index (χ1) is 9.02. The van der Waals surface area contributed by atoms with Crippen molar-refractivity contribution in [1.82, 2.24) is 5.32 Å². The summed E-state index contributed by atoms with van der Waals surface area (Å²) in [6.07, 6.45) is 3.49. The first kappa shape index (κ1) is 16.0. The van der Waals surface area contributed by atoms with Crippen molar-refractivity contribution < 1.29 is 4.79 Å². The minimum atomic E-state index is -0.0125. The molecule has 1 N–H and O–H groups in total.